The van der Waals surface area contributed by atoms with Crippen LogP contribution in [0.3, 0.4) is 0 Å². The maximum Gasteiger partial charge on any atom is 0.159 e. The third-order valence-corrected chi connectivity index (χ3v) is 12.3. The zero-order valence-corrected chi connectivity index (χ0v) is 33.0. The molecule has 0 amide bonds. The molecule has 280 valence electrons. The minimum atomic E-state index is 0.873. The molecule has 2 heterocycles. The van der Waals surface area contributed by atoms with Crippen LogP contribution in [0.5, 0.6) is 0 Å². The van der Waals surface area contributed by atoms with Crippen LogP contribution < -0.4 is 9.80 Å². The van der Waals surface area contributed by atoms with Gasteiger partial charge in [0, 0.05) is 43.7 Å². The Labute approximate surface area is 341 Å². The lowest BCUT2D eigenvalue weighted by Gasteiger charge is -2.29. The van der Waals surface area contributed by atoms with Gasteiger partial charge in [-0.15, -0.1) is 0 Å². The first-order valence-electron chi connectivity index (χ1n) is 20.3. The summed E-state index contributed by atoms with van der Waals surface area (Å²) >= 11 is 0. The fourth-order valence-electron chi connectivity index (χ4n) is 9.49. The molecule has 0 aliphatic carbocycles. The second-order valence-corrected chi connectivity index (χ2v) is 15.8. The van der Waals surface area contributed by atoms with Gasteiger partial charge in [0.2, 0.25) is 0 Å². The fourth-order valence-corrected chi connectivity index (χ4v) is 9.49. The van der Waals surface area contributed by atoms with E-state index in [1.165, 1.54) is 37.9 Å². The van der Waals surface area contributed by atoms with E-state index in [0.29, 0.717) is 0 Å². The van der Waals surface area contributed by atoms with Crippen LogP contribution in [0.2, 0.25) is 0 Å². The molecular formula is C55H38N2O2. The van der Waals surface area contributed by atoms with Crippen LogP contribution in [-0.4, -0.2) is 0 Å². The summed E-state index contributed by atoms with van der Waals surface area (Å²) in [5, 5.41) is 11.7. The molecule has 0 saturated carbocycles. The molecule has 0 radical (unpaired) electrons. The third-order valence-electron chi connectivity index (χ3n) is 12.3. The van der Waals surface area contributed by atoms with E-state index in [2.05, 4.69) is 206 Å². The monoisotopic (exact) mass is 758 g/mol. The van der Waals surface area contributed by atoms with Gasteiger partial charge in [-0.2, -0.15) is 0 Å². The molecule has 0 saturated heterocycles. The van der Waals surface area contributed by atoms with Crippen LogP contribution in [0.1, 0.15) is 16.7 Å². The van der Waals surface area contributed by atoms with Crippen molar-refractivity contribution in [1.82, 2.24) is 0 Å². The summed E-state index contributed by atoms with van der Waals surface area (Å²) in [5.41, 5.74) is 13.4. The number of aryl methyl sites for hydroxylation is 3. The zero-order chi connectivity index (χ0) is 39.4. The number of anilines is 6. The molecule has 2 aromatic heterocycles. The van der Waals surface area contributed by atoms with Gasteiger partial charge in [-0.25, -0.2) is 0 Å². The van der Waals surface area contributed by atoms with Crippen molar-refractivity contribution in [1.29, 1.82) is 0 Å². The number of nitrogens with zero attached hydrogens (tertiary/aromatic N) is 2. The van der Waals surface area contributed by atoms with Gasteiger partial charge < -0.3 is 18.6 Å². The molecule has 0 spiro atoms. The molecule has 0 atom stereocenters. The SMILES string of the molecule is Cc1ccc(N(c2ccc3ccc4c(N(c5ccccc5)c5cccc6c5oc5c(C)cccc56)ccc5ccc2c3c54)c2cccc3c2oc2c(C)cccc23)cc1. The summed E-state index contributed by atoms with van der Waals surface area (Å²) in [6, 6.07) is 63.5. The molecule has 0 aliphatic rings. The molecule has 12 rings (SSSR count). The fraction of sp³-hybridized carbons (Fsp3) is 0.0545. The van der Waals surface area contributed by atoms with E-state index in [1.54, 1.807) is 0 Å². The van der Waals surface area contributed by atoms with Gasteiger partial charge in [0.1, 0.15) is 11.2 Å². The Morgan fingerprint density at radius 3 is 1.22 bits per heavy atom. The van der Waals surface area contributed by atoms with Gasteiger partial charge in [-0.05, 0) is 102 Å². The molecule has 0 aliphatic heterocycles. The number of hydrogen-bond donors (Lipinski definition) is 0. The van der Waals surface area contributed by atoms with E-state index in [9.17, 15) is 0 Å². The predicted octanol–water partition coefficient (Wildman–Crippen LogP) is 16.2. The Bertz CT molecular complexity index is 3600. The normalized spacial score (nSPS) is 12.0. The maximum absolute atomic E-state index is 6.81. The second-order valence-electron chi connectivity index (χ2n) is 15.8. The number of benzene rings is 10. The molecular weight excluding hydrogens is 721 g/mol. The van der Waals surface area contributed by atoms with Gasteiger partial charge in [-0.3, -0.25) is 0 Å². The highest BCUT2D eigenvalue weighted by Gasteiger charge is 2.25. The van der Waals surface area contributed by atoms with Gasteiger partial charge in [0.05, 0.1) is 22.7 Å². The Balaban J connectivity index is 1.13. The average molecular weight is 759 g/mol. The van der Waals surface area contributed by atoms with Crippen LogP contribution in [-0.2, 0) is 0 Å². The summed E-state index contributed by atoms with van der Waals surface area (Å²) in [6.45, 7) is 6.37. The number of rotatable bonds is 6. The molecule has 4 heteroatoms. The number of fused-ring (bicyclic) bond motifs is 6. The Morgan fingerprint density at radius 1 is 0.305 bits per heavy atom. The van der Waals surface area contributed by atoms with E-state index < -0.39 is 0 Å². The second kappa shape index (κ2) is 12.7. The summed E-state index contributed by atoms with van der Waals surface area (Å²) in [5.74, 6) is 0. The molecule has 12 aromatic rings. The molecule has 0 N–H and O–H groups in total. The van der Waals surface area contributed by atoms with Crippen LogP contribution in [0, 0.1) is 20.8 Å². The zero-order valence-electron chi connectivity index (χ0n) is 33.0. The Kier molecular flexibility index (Phi) is 7.24. The van der Waals surface area contributed by atoms with Crippen molar-refractivity contribution in [2.75, 3.05) is 9.80 Å². The lowest BCUT2D eigenvalue weighted by molar-refractivity contribution is 0.665. The van der Waals surface area contributed by atoms with Crippen LogP contribution in [0.4, 0.5) is 34.1 Å². The van der Waals surface area contributed by atoms with Gasteiger partial charge in [0.15, 0.2) is 11.2 Å². The number of furan rings is 2. The lowest BCUT2D eigenvalue weighted by atomic mass is 9.91. The highest BCUT2D eigenvalue weighted by Crippen LogP contribution is 2.50. The maximum atomic E-state index is 6.81. The smallest absolute Gasteiger partial charge is 0.159 e. The van der Waals surface area contributed by atoms with E-state index in [-0.39, 0.29) is 0 Å². The number of para-hydroxylation sites is 5. The lowest BCUT2D eigenvalue weighted by Crippen LogP contribution is -2.12. The first kappa shape index (κ1) is 33.6. The Hall–Kier alpha value is -7.56. The topological polar surface area (TPSA) is 32.8 Å². The third kappa shape index (κ3) is 4.96. The first-order valence-corrected chi connectivity index (χ1v) is 20.3. The van der Waals surface area contributed by atoms with Gasteiger partial charge in [0.25, 0.3) is 0 Å². The van der Waals surface area contributed by atoms with E-state index in [0.717, 1.165) is 89.1 Å². The van der Waals surface area contributed by atoms with Crippen molar-refractivity contribution in [2.45, 2.75) is 20.8 Å². The molecule has 0 fully saturated rings. The molecule has 4 nitrogen and oxygen atoms in total. The van der Waals surface area contributed by atoms with Crippen molar-refractivity contribution < 1.29 is 8.83 Å². The summed E-state index contributed by atoms with van der Waals surface area (Å²) in [4.78, 5) is 4.75. The minimum absolute atomic E-state index is 0.873. The van der Waals surface area contributed by atoms with E-state index >= 15 is 0 Å². The van der Waals surface area contributed by atoms with Crippen molar-refractivity contribution in [3.05, 3.63) is 193 Å². The minimum Gasteiger partial charge on any atom is -0.454 e. The van der Waals surface area contributed by atoms with Gasteiger partial charge in [-0.1, -0.05) is 133 Å². The van der Waals surface area contributed by atoms with Crippen molar-refractivity contribution in [3.8, 4) is 0 Å². The summed E-state index contributed by atoms with van der Waals surface area (Å²) in [6.07, 6.45) is 0. The molecule has 10 aromatic carbocycles. The van der Waals surface area contributed by atoms with Crippen molar-refractivity contribution >= 4 is 110 Å². The molecule has 59 heavy (non-hydrogen) atoms. The van der Waals surface area contributed by atoms with Crippen LogP contribution >= 0.6 is 0 Å². The predicted molar refractivity (Wildman–Crippen MR) is 248 cm³/mol. The van der Waals surface area contributed by atoms with E-state index in [1.807, 2.05) is 0 Å². The molecule has 0 bridgehead atoms. The highest BCUT2D eigenvalue weighted by molar-refractivity contribution is 6.28. The van der Waals surface area contributed by atoms with Crippen LogP contribution in [0.25, 0.3) is 76.2 Å². The quantitative estimate of drug-likeness (QED) is 0.158. The van der Waals surface area contributed by atoms with Crippen molar-refractivity contribution in [2.24, 2.45) is 0 Å². The van der Waals surface area contributed by atoms with Crippen molar-refractivity contribution in [3.63, 3.8) is 0 Å². The summed E-state index contributed by atoms with van der Waals surface area (Å²) < 4.78 is 13.6. The van der Waals surface area contributed by atoms with Gasteiger partial charge >= 0.3 is 0 Å². The summed E-state index contributed by atoms with van der Waals surface area (Å²) in [7, 11) is 0. The standard InChI is InChI=1S/C55H38N2O2/c1-33-21-27-39(28-22-33)57(49-20-10-18-43-41-16-8-12-35(3)53(41)59-55(43)49)47-32-26-37-23-29-44-46(31-25-36-24-30-45(47)51(37)50(36)44)56(38-13-5-4-6-14-38)48-19-9-17-42-40-15-7-11-34(2)52(40)58-54(42)48/h4-32H,1-3H3. The number of hydrogen-bond acceptors (Lipinski definition) is 4. The molecule has 0 unspecified atom stereocenters. The largest absolute Gasteiger partial charge is 0.454 e. The highest BCUT2D eigenvalue weighted by atomic mass is 16.3. The van der Waals surface area contributed by atoms with E-state index in [4.69, 9.17) is 8.83 Å². The average Bonchev–Trinajstić information content (AvgIpc) is 3.86. The first-order chi connectivity index (χ1) is 29.0. The Morgan fingerprint density at radius 2 is 0.729 bits per heavy atom. The van der Waals surface area contributed by atoms with Crippen LogP contribution in [0.15, 0.2) is 185 Å².